The summed E-state index contributed by atoms with van der Waals surface area (Å²) < 4.78 is 7.52. The first kappa shape index (κ1) is 17.6. The number of hydrogen-bond donors (Lipinski definition) is 0. The Hall–Kier alpha value is -3.17. The van der Waals surface area contributed by atoms with Gasteiger partial charge in [0.25, 0.3) is 5.91 Å². The number of ether oxygens (including phenoxy) is 1. The number of rotatable bonds is 3. The molecule has 0 N–H and O–H groups in total. The zero-order valence-electron chi connectivity index (χ0n) is 14.4. The Bertz CT molecular complexity index is 1100. The topological polar surface area (TPSA) is 60.7 Å². The number of thiazole rings is 1. The van der Waals surface area contributed by atoms with Gasteiger partial charge in [-0.15, -0.1) is 6.42 Å². The molecule has 1 aromatic heterocycles. The summed E-state index contributed by atoms with van der Waals surface area (Å²) in [6, 6.07) is 12.2. The zero-order valence-corrected chi connectivity index (χ0v) is 15.2. The van der Waals surface area contributed by atoms with E-state index in [9.17, 15) is 9.59 Å². The van der Waals surface area contributed by atoms with Crippen molar-refractivity contribution in [1.82, 2.24) is 4.57 Å². The largest absolute Gasteiger partial charge is 0.465 e. The van der Waals surface area contributed by atoms with Crippen LogP contribution in [0.5, 0.6) is 0 Å². The average Bonchev–Trinajstić information content (AvgIpc) is 2.97. The molecule has 2 aromatic carbocycles. The summed E-state index contributed by atoms with van der Waals surface area (Å²) in [6.07, 6.45) is 5.47. The number of nitrogens with zero attached hydrogens (tertiary/aromatic N) is 2. The smallest absolute Gasteiger partial charge is 0.337 e. The van der Waals surface area contributed by atoms with E-state index in [0.717, 1.165) is 15.8 Å². The normalized spacial score (nSPS) is 11.3. The van der Waals surface area contributed by atoms with Crippen LogP contribution in [0.3, 0.4) is 0 Å². The molecule has 26 heavy (non-hydrogen) atoms. The van der Waals surface area contributed by atoms with Gasteiger partial charge in [-0.1, -0.05) is 23.3 Å². The highest BCUT2D eigenvalue weighted by molar-refractivity contribution is 7.16. The van der Waals surface area contributed by atoms with Crippen LogP contribution in [0.15, 0.2) is 47.5 Å². The van der Waals surface area contributed by atoms with E-state index in [1.807, 2.05) is 29.7 Å². The number of benzene rings is 2. The Kier molecular flexibility index (Phi) is 5.01. The fourth-order valence-electron chi connectivity index (χ4n) is 2.53. The number of aryl methyl sites for hydroxylation is 1. The van der Waals surface area contributed by atoms with E-state index < -0.39 is 11.9 Å². The highest BCUT2D eigenvalue weighted by Crippen LogP contribution is 2.19. The fraction of sp³-hybridized carbons (Fsp3) is 0.150. The van der Waals surface area contributed by atoms with E-state index in [1.165, 1.54) is 18.4 Å². The molecule has 0 aliphatic heterocycles. The quantitative estimate of drug-likeness (QED) is 0.530. The Morgan fingerprint density at radius 2 is 1.88 bits per heavy atom. The van der Waals surface area contributed by atoms with Crippen LogP contribution < -0.4 is 4.80 Å². The Morgan fingerprint density at radius 3 is 2.54 bits per heavy atom. The third kappa shape index (κ3) is 3.44. The summed E-state index contributed by atoms with van der Waals surface area (Å²) in [5.74, 6) is 1.76. The van der Waals surface area contributed by atoms with Gasteiger partial charge in [-0.05, 0) is 48.9 Å². The van der Waals surface area contributed by atoms with Crippen molar-refractivity contribution >= 4 is 33.4 Å². The summed E-state index contributed by atoms with van der Waals surface area (Å²) in [6.45, 7) is 2.34. The second kappa shape index (κ2) is 7.38. The third-order valence-corrected chi connectivity index (χ3v) is 4.88. The first-order valence-corrected chi connectivity index (χ1v) is 8.66. The summed E-state index contributed by atoms with van der Waals surface area (Å²) in [7, 11) is 1.31. The van der Waals surface area contributed by atoms with Gasteiger partial charge in [0.2, 0.25) is 0 Å². The molecule has 0 saturated heterocycles. The number of carbonyl (C=O) groups excluding carboxylic acids is 2. The van der Waals surface area contributed by atoms with E-state index in [1.54, 1.807) is 24.3 Å². The van der Waals surface area contributed by atoms with Gasteiger partial charge in [0, 0.05) is 5.56 Å². The molecule has 1 heterocycles. The summed E-state index contributed by atoms with van der Waals surface area (Å²) in [5.41, 5.74) is 2.84. The Balaban J connectivity index is 2.03. The van der Waals surface area contributed by atoms with Gasteiger partial charge in [0.05, 0.1) is 29.4 Å². The van der Waals surface area contributed by atoms with Gasteiger partial charge in [0.1, 0.15) is 0 Å². The van der Waals surface area contributed by atoms with Crippen LogP contribution in [0, 0.1) is 19.3 Å². The lowest BCUT2D eigenvalue weighted by Gasteiger charge is -2.01. The summed E-state index contributed by atoms with van der Waals surface area (Å²) in [5, 5.41) is 0. The average molecular weight is 364 g/mol. The van der Waals surface area contributed by atoms with Gasteiger partial charge < -0.3 is 9.30 Å². The number of carbonyl (C=O) groups is 2. The van der Waals surface area contributed by atoms with Crippen molar-refractivity contribution in [3.63, 3.8) is 0 Å². The molecule has 5 nitrogen and oxygen atoms in total. The van der Waals surface area contributed by atoms with E-state index in [-0.39, 0.29) is 0 Å². The molecule has 0 fully saturated rings. The number of amides is 1. The predicted molar refractivity (Wildman–Crippen MR) is 101 cm³/mol. The molecule has 0 atom stereocenters. The number of methoxy groups -OCH3 is 1. The van der Waals surface area contributed by atoms with Crippen molar-refractivity contribution in [3.8, 4) is 12.3 Å². The van der Waals surface area contributed by atoms with Crippen LogP contribution in [0.25, 0.3) is 10.2 Å². The lowest BCUT2D eigenvalue weighted by atomic mass is 10.1. The van der Waals surface area contributed by atoms with Crippen molar-refractivity contribution in [1.29, 1.82) is 0 Å². The second-order valence-corrected chi connectivity index (χ2v) is 6.64. The van der Waals surface area contributed by atoms with Crippen molar-refractivity contribution in [3.05, 3.63) is 64.0 Å². The minimum atomic E-state index is -0.451. The van der Waals surface area contributed by atoms with Crippen molar-refractivity contribution in [2.45, 2.75) is 13.5 Å². The molecule has 6 heteroatoms. The molecule has 0 aliphatic carbocycles. The number of hydrogen-bond acceptors (Lipinski definition) is 4. The highest BCUT2D eigenvalue weighted by Gasteiger charge is 2.11. The number of esters is 1. The highest BCUT2D eigenvalue weighted by atomic mass is 32.1. The molecule has 0 spiro atoms. The Morgan fingerprint density at radius 1 is 1.19 bits per heavy atom. The van der Waals surface area contributed by atoms with Crippen molar-refractivity contribution < 1.29 is 14.3 Å². The molecular formula is C20H16N2O3S. The lowest BCUT2D eigenvalue weighted by molar-refractivity contribution is 0.0600. The molecule has 3 aromatic rings. The molecule has 0 saturated carbocycles. The SMILES string of the molecule is C#CCn1c(=NC(=O)c2ccc(C(=O)OC)cc2)sc2cc(C)ccc21. The van der Waals surface area contributed by atoms with Gasteiger partial charge in [-0.2, -0.15) is 4.99 Å². The summed E-state index contributed by atoms with van der Waals surface area (Å²) >= 11 is 1.42. The first-order chi connectivity index (χ1) is 12.5. The third-order valence-electron chi connectivity index (χ3n) is 3.84. The fourth-order valence-corrected chi connectivity index (χ4v) is 3.65. The van der Waals surface area contributed by atoms with Crippen molar-refractivity contribution in [2.75, 3.05) is 7.11 Å². The molecular weight excluding hydrogens is 348 g/mol. The van der Waals surface area contributed by atoms with E-state index in [0.29, 0.717) is 22.5 Å². The minimum absolute atomic E-state index is 0.330. The van der Waals surface area contributed by atoms with Crippen LogP contribution in [0.1, 0.15) is 26.3 Å². The number of fused-ring (bicyclic) bond motifs is 1. The van der Waals surface area contributed by atoms with E-state index >= 15 is 0 Å². The number of aromatic nitrogens is 1. The monoisotopic (exact) mass is 364 g/mol. The molecule has 130 valence electrons. The van der Waals surface area contributed by atoms with Gasteiger partial charge in [-0.25, -0.2) is 4.79 Å². The predicted octanol–water partition coefficient (Wildman–Crippen LogP) is 3.17. The van der Waals surface area contributed by atoms with Crippen molar-refractivity contribution in [2.24, 2.45) is 4.99 Å². The molecule has 0 unspecified atom stereocenters. The maximum Gasteiger partial charge on any atom is 0.337 e. The standard InChI is InChI=1S/C20H16N2O3S/c1-4-11-22-16-10-5-13(2)12-17(16)26-20(22)21-18(23)14-6-8-15(9-7-14)19(24)25-3/h1,5-10,12H,11H2,2-3H3. The lowest BCUT2D eigenvalue weighted by Crippen LogP contribution is -2.16. The Labute approximate surface area is 154 Å². The van der Waals surface area contributed by atoms with Crippen LogP contribution in [0.4, 0.5) is 0 Å². The molecule has 0 radical (unpaired) electrons. The maximum atomic E-state index is 12.5. The zero-order chi connectivity index (χ0) is 18.7. The van der Waals surface area contributed by atoms with E-state index in [2.05, 4.69) is 15.6 Å². The minimum Gasteiger partial charge on any atom is -0.465 e. The van der Waals surface area contributed by atoms with Crippen LogP contribution in [0.2, 0.25) is 0 Å². The molecule has 0 bridgehead atoms. The van der Waals surface area contributed by atoms with Gasteiger partial charge >= 0.3 is 5.97 Å². The molecule has 1 amide bonds. The van der Waals surface area contributed by atoms with Gasteiger partial charge in [0.15, 0.2) is 4.80 Å². The van der Waals surface area contributed by atoms with Crippen LogP contribution >= 0.6 is 11.3 Å². The second-order valence-electron chi connectivity index (χ2n) is 5.63. The van der Waals surface area contributed by atoms with Gasteiger partial charge in [-0.3, -0.25) is 4.79 Å². The summed E-state index contributed by atoms with van der Waals surface area (Å²) in [4.78, 5) is 28.8. The molecule has 3 rings (SSSR count). The van der Waals surface area contributed by atoms with Crippen LogP contribution in [-0.4, -0.2) is 23.6 Å². The maximum absolute atomic E-state index is 12.5. The first-order valence-electron chi connectivity index (χ1n) is 7.84. The van der Waals surface area contributed by atoms with Crippen LogP contribution in [-0.2, 0) is 11.3 Å². The van der Waals surface area contributed by atoms with E-state index in [4.69, 9.17) is 6.42 Å². The number of terminal acetylenes is 1. The molecule has 0 aliphatic rings.